The van der Waals surface area contributed by atoms with Crippen LogP contribution in [0.25, 0.3) is 11.0 Å². The highest BCUT2D eigenvalue weighted by Crippen LogP contribution is 2.28. The molecule has 2 atom stereocenters. The van der Waals surface area contributed by atoms with Gasteiger partial charge in [0.1, 0.15) is 30.1 Å². The van der Waals surface area contributed by atoms with E-state index < -0.39 is 0 Å². The van der Waals surface area contributed by atoms with Crippen molar-refractivity contribution in [2.75, 3.05) is 20.2 Å². The molecule has 0 spiro atoms. The Bertz CT molecular complexity index is 1060. The Hall–Kier alpha value is -2.99. The number of phenolic OH excluding ortho intramolecular Hbond substituents is 1. The minimum absolute atomic E-state index is 0.109. The highest BCUT2D eigenvalue weighted by molar-refractivity contribution is 5.82. The third-order valence-corrected chi connectivity index (χ3v) is 5.57. The molecule has 1 unspecified atom stereocenters. The summed E-state index contributed by atoms with van der Waals surface area (Å²) in [7, 11) is 1.59. The van der Waals surface area contributed by atoms with Crippen LogP contribution in [0.3, 0.4) is 0 Å². The maximum Gasteiger partial charge on any atom is 0.235 e. The van der Waals surface area contributed by atoms with Crippen molar-refractivity contribution in [3.63, 3.8) is 0 Å². The van der Waals surface area contributed by atoms with E-state index in [2.05, 4.69) is 6.92 Å². The quantitative estimate of drug-likeness (QED) is 0.693. The lowest BCUT2D eigenvalue weighted by molar-refractivity contribution is -0.922. The molecule has 1 aliphatic heterocycles. The summed E-state index contributed by atoms with van der Waals surface area (Å²) in [5.41, 5.74) is 0.854. The van der Waals surface area contributed by atoms with Gasteiger partial charge < -0.3 is 23.9 Å². The van der Waals surface area contributed by atoms with Crippen LogP contribution in [0.15, 0.2) is 51.9 Å². The number of ether oxygens (including phenoxy) is 2. The summed E-state index contributed by atoms with van der Waals surface area (Å²) < 4.78 is 16.7. The van der Waals surface area contributed by atoms with E-state index in [1.165, 1.54) is 24.0 Å². The lowest BCUT2D eigenvalue weighted by atomic mass is 9.99. The number of hydrogen-bond donors (Lipinski definition) is 2. The van der Waals surface area contributed by atoms with Crippen LogP contribution in [0.2, 0.25) is 0 Å². The van der Waals surface area contributed by atoms with Crippen molar-refractivity contribution in [3.05, 3.63) is 58.4 Å². The first kappa shape index (κ1) is 19.3. The zero-order chi connectivity index (χ0) is 20.4. The van der Waals surface area contributed by atoms with Gasteiger partial charge in [0.15, 0.2) is 5.58 Å². The van der Waals surface area contributed by atoms with Crippen LogP contribution in [-0.4, -0.2) is 25.3 Å². The van der Waals surface area contributed by atoms with E-state index in [0.717, 1.165) is 13.1 Å². The lowest BCUT2D eigenvalue weighted by Gasteiger charge is -2.28. The van der Waals surface area contributed by atoms with Gasteiger partial charge >= 0.3 is 0 Å². The van der Waals surface area contributed by atoms with E-state index >= 15 is 0 Å². The Kier molecular flexibility index (Phi) is 5.45. The summed E-state index contributed by atoms with van der Waals surface area (Å²) in [6.07, 6.45) is 3.74. The maximum atomic E-state index is 13.0. The summed E-state index contributed by atoms with van der Waals surface area (Å²) in [6, 6.07) is 10.1. The topological polar surface area (TPSA) is 73.3 Å². The standard InChI is InChI=1S/C23H25NO5/c1-15-4-3-11-24(12-15)13-19-20(25)10-9-18-22(26)21(14-28-23(18)19)29-17-7-5-16(27-2)6-8-17/h5-10,14-15,25H,3-4,11-13H2,1-2H3/p+1/t15-/m1/s1. The summed E-state index contributed by atoms with van der Waals surface area (Å²) in [6.45, 7) is 5.00. The van der Waals surface area contributed by atoms with E-state index in [4.69, 9.17) is 13.9 Å². The number of hydrogen-bond acceptors (Lipinski definition) is 5. The predicted octanol–water partition coefficient (Wildman–Crippen LogP) is 3.11. The summed E-state index contributed by atoms with van der Waals surface area (Å²) in [5, 5.41) is 10.8. The average molecular weight is 396 g/mol. The van der Waals surface area contributed by atoms with E-state index in [1.807, 2.05) is 0 Å². The zero-order valence-corrected chi connectivity index (χ0v) is 16.7. The average Bonchev–Trinajstić information content (AvgIpc) is 2.73. The molecule has 0 aliphatic carbocycles. The number of likely N-dealkylation sites (tertiary alicyclic amines) is 1. The van der Waals surface area contributed by atoms with E-state index in [-0.39, 0.29) is 16.9 Å². The minimum Gasteiger partial charge on any atom is -0.507 e. The van der Waals surface area contributed by atoms with Crippen LogP contribution < -0.4 is 19.8 Å². The van der Waals surface area contributed by atoms with Crippen molar-refractivity contribution in [2.24, 2.45) is 5.92 Å². The fourth-order valence-corrected chi connectivity index (χ4v) is 4.05. The van der Waals surface area contributed by atoms with Gasteiger partial charge in [-0.25, -0.2) is 0 Å². The molecule has 1 aromatic heterocycles. The Balaban J connectivity index is 1.65. The molecule has 6 heteroatoms. The Morgan fingerprint density at radius 1 is 1.17 bits per heavy atom. The summed E-state index contributed by atoms with van der Waals surface area (Å²) in [4.78, 5) is 14.4. The van der Waals surface area contributed by atoms with Gasteiger partial charge in [-0.2, -0.15) is 0 Å². The number of benzene rings is 2. The Morgan fingerprint density at radius 2 is 1.93 bits per heavy atom. The van der Waals surface area contributed by atoms with E-state index in [1.54, 1.807) is 43.5 Å². The highest BCUT2D eigenvalue weighted by atomic mass is 16.5. The van der Waals surface area contributed by atoms with Gasteiger partial charge in [0, 0.05) is 5.92 Å². The zero-order valence-electron chi connectivity index (χ0n) is 16.7. The molecule has 2 N–H and O–H groups in total. The molecular weight excluding hydrogens is 370 g/mol. The first-order valence-corrected chi connectivity index (χ1v) is 9.97. The van der Waals surface area contributed by atoms with Crippen molar-refractivity contribution in [2.45, 2.75) is 26.3 Å². The smallest absolute Gasteiger partial charge is 0.235 e. The molecule has 4 rings (SSSR count). The Morgan fingerprint density at radius 3 is 2.66 bits per heavy atom. The molecule has 1 fully saturated rings. The van der Waals surface area contributed by atoms with Gasteiger partial charge in [-0.05, 0) is 49.2 Å². The largest absolute Gasteiger partial charge is 0.507 e. The number of phenols is 1. The van der Waals surface area contributed by atoms with Crippen LogP contribution in [0.4, 0.5) is 0 Å². The van der Waals surface area contributed by atoms with Gasteiger partial charge in [-0.15, -0.1) is 0 Å². The van der Waals surface area contributed by atoms with Crippen molar-refractivity contribution in [3.8, 4) is 23.0 Å². The van der Waals surface area contributed by atoms with Crippen LogP contribution in [-0.2, 0) is 6.54 Å². The first-order valence-electron chi connectivity index (χ1n) is 9.97. The highest BCUT2D eigenvalue weighted by Gasteiger charge is 2.24. The molecule has 3 aromatic rings. The van der Waals surface area contributed by atoms with Crippen LogP contribution >= 0.6 is 0 Å². The number of rotatable bonds is 5. The van der Waals surface area contributed by atoms with Gasteiger partial charge in [0.25, 0.3) is 0 Å². The second kappa shape index (κ2) is 8.17. The molecule has 29 heavy (non-hydrogen) atoms. The van der Waals surface area contributed by atoms with Gasteiger partial charge in [0.2, 0.25) is 11.2 Å². The fourth-order valence-electron chi connectivity index (χ4n) is 4.05. The first-order chi connectivity index (χ1) is 14.0. The number of nitrogens with one attached hydrogen (secondary N) is 1. The number of methoxy groups -OCH3 is 1. The summed E-state index contributed by atoms with van der Waals surface area (Å²) in [5.74, 6) is 2.15. The van der Waals surface area contributed by atoms with Crippen molar-refractivity contribution in [1.29, 1.82) is 0 Å². The van der Waals surface area contributed by atoms with Gasteiger partial charge in [-0.1, -0.05) is 6.92 Å². The third-order valence-electron chi connectivity index (χ3n) is 5.57. The maximum absolute atomic E-state index is 13.0. The molecule has 6 nitrogen and oxygen atoms in total. The minimum atomic E-state index is -0.259. The lowest BCUT2D eigenvalue weighted by Crippen LogP contribution is -3.12. The number of aromatic hydroxyl groups is 1. The normalized spacial score (nSPS) is 19.2. The fraction of sp³-hybridized carbons (Fsp3) is 0.348. The SMILES string of the molecule is COc1ccc(Oc2coc3c(C[NH+]4CCC[C@@H](C)C4)c(O)ccc3c2=O)cc1. The molecular formula is C23H26NO5+. The number of quaternary nitrogens is 1. The molecule has 152 valence electrons. The Labute approximate surface area is 169 Å². The second-order valence-corrected chi connectivity index (χ2v) is 7.77. The van der Waals surface area contributed by atoms with Gasteiger partial charge in [0.05, 0.1) is 31.1 Å². The van der Waals surface area contributed by atoms with Crippen LogP contribution in [0.5, 0.6) is 23.0 Å². The van der Waals surface area contributed by atoms with E-state index in [9.17, 15) is 9.90 Å². The molecule has 0 bridgehead atoms. The molecule has 0 radical (unpaired) electrons. The third kappa shape index (κ3) is 4.07. The van der Waals surface area contributed by atoms with Crippen molar-refractivity contribution < 1.29 is 23.9 Å². The predicted molar refractivity (Wildman–Crippen MR) is 110 cm³/mol. The van der Waals surface area contributed by atoms with Gasteiger partial charge in [-0.3, -0.25) is 4.79 Å². The molecule has 1 aliphatic rings. The number of piperidine rings is 1. The summed E-state index contributed by atoms with van der Waals surface area (Å²) >= 11 is 0. The van der Waals surface area contributed by atoms with Crippen LogP contribution in [0, 0.1) is 5.92 Å². The molecule has 0 saturated carbocycles. The molecule has 2 aromatic carbocycles. The molecule has 1 saturated heterocycles. The second-order valence-electron chi connectivity index (χ2n) is 7.77. The molecule has 2 heterocycles. The van der Waals surface area contributed by atoms with Crippen molar-refractivity contribution in [1.82, 2.24) is 0 Å². The molecule has 0 amide bonds. The van der Waals surface area contributed by atoms with E-state index in [0.29, 0.717) is 40.5 Å². The van der Waals surface area contributed by atoms with Crippen LogP contribution in [0.1, 0.15) is 25.3 Å². The number of fused-ring (bicyclic) bond motifs is 1. The monoisotopic (exact) mass is 396 g/mol. The van der Waals surface area contributed by atoms with Crippen molar-refractivity contribution >= 4 is 11.0 Å².